The van der Waals surface area contributed by atoms with Gasteiger partial charge >= 0.3 is 0 Å². The monoisotopic (exact) mass is 308 g/mol. The number of hydrogen-bond acceptors (Lipinski definition) is 2. The van der Waals surface area contributed by atoms with Gasteiger partial charge in [0.05, 0.1) is 6.04 Å². The fourth-order valence-corrected chi connectivity index (χ4v) is 3.51. The number of carbonyl (C=O) groups is 1. The molecule has 1 saturated carbocycles. The van der Waals surface area contributed by atoms with Gasteiger partial charge in [0, 0.05) is 10.9 Å². The molecule has 4 heteroatoms. The SMILES string of the molecule is CC(C)C(NC(=O)[C@@H]1CCC[C@@H]1CN)c1ccccc1Cl. The van der Waals surface area contributed by atoms with E-state index in [9.17, 15) is 4.79 Å². The minimum absolute atomic E-state index is 0.0507. The van der Waals surface area contributed by atoms with Gasteiger partial charge in [-0.25, -0.2) is 0 Å². The third-order valence-corrected chi connectivity index (χ3v) is 4.85. The van der Waals surface area contributed by atoms with Gasteiger partial charge in [0.15, 0.2) is 0 Å². The maximum Gasteiger partial charge on any atom is 0.223 e. The van der Waals surface area contributed by atoms with Crippen molar-refractivity contribution in [1.29, 1.82) is 0 Å². The number of carbonyl (C=O) groups excluding carboxylic acids is 1. The minimum atomic E-state index is -0.0507. The van der Waals surface area contributed by atoms with Crippen molar-refractivity contribution in [3.05, 3.63) is 34.9 Å². The zero-order valence-corrected chi connectivity index (χ0v) is 13.6. The molecule has 0 aliphatic heterocycles. The molecule has 1 aromatic carbocycles. The van der Waals surface area contributed by atoms with Crippen molar-refractivity contribution in [2.75, 3.05) is 6.54 Å². The molecule has 3 N–H and O–H groups in total. The van der Waals surface area contributed by atoms with Gasteiger partial charge in [-0.15, -0.1) is 0 Å². The average Bonchev–Trinajstić information content (AvgIpc) is 2.93. The van der Waals surface area contributed by atoms with E-state index in [0.717, 1.165) is 24.8 Å². The standard InChI is InChI=1S/C17H25ClN2O/c1-11(2)16(14-7-3-4-9-15(14)18)20-17(21)13-8-5-6-12(13)10-19/h3-4,7,9,11-13,16H,5-6,8,10,19H2,1-2H3,(H,20,21)/t12-,13-,16?/m1/s1. The second-order valence-corrected chi connectivity index (χ2v) is 6.69. The van der Waals surface area contributed by atoms with Crippen LogP contribution in [0.4, 0.5) is 0 Å². The number of rotatable bonds is 5. The van der Waals surface area contributed by atoms with Crippen LogP contribution in [0.5, 0.6) is 0 Å². The third-order valence-electron chi connectivity index (χ3n) is 4.50. The van der Waals surface area contributed by atoms with Crippen LogP contribution in [0.15, 0.2) is 24.3 Å². The van der Waals surface area contributed by atoms with E-state index < -0.39 is 0 Å². The van der Waals surface area contributed by atoms with Gasteiger partial charge in [-0.05, 0) is 42.9 Å². The highest BCUT2D eigenvalue weighted by Gasteiger charge is 2.33. The molecule has 21 heavy (non-hydrogen) atoms. The highest BCUT2D eigenvalue weighted by Crippen LogP contribution is 2.33. The average molecular weight is 309 g/mol. The maximum absolute atomic E-state index is 12.6. The second kappa shape index (κ2) is 7.28. The fourth-order valence-electron chi connectivity index (χ4n) is 3.26. The lowest BCUT2D eigenvalue weighted by Gasteiger charge is -2.27. The van der Waals surface area contributed by atoms with Crippen LogP contribution in [0.1, 0.15) is 44.7 Å². The summed E-state index contributed by atoms with van der Waals surface area (Å²) in [6.45, 7) is 4.79. The first-order valence-corrected chi connectivity index (χ1v) is 8.17. The molecule has 1 aliphatic rings. The van der Waals surface area contributed by atoms with Crippen LogP contribution < -0.4 is 11.1 Å². The largest absolute Gasteiger partial charge is 0.349 e. The molecular formula is C17H25ClN2O. The number of amides is 1. The Labute approximate surface area is 132 Å². The molecule has 0 spiro atoms. The van der Waals surface area contributed by atoms with E-state index in [0.29, 0.717) is 17.5 Å². The van der Waals surface area contributed by atoms with Crippen LogP contribution in [-0.4, -0.2) is 12.5 Å². The summed E-state index contributed by atoms with van der Waals surface area (Å²) in [7, 11) is 0. The third kappa shape index (κ3) is 3.78. The van der Waals surface area contributed by atoms with Crippen molar-refractivity contribution in [2.45, 2.75) is 39.2 Å². The van der Waals surface area contributed by atoms with Crippen molar-refractivity contribution in [2.24, 2.45) is 23.5 Å². The van der Waals surface area contributed by atoms with E-state index in [4.69, 9.17) is 17.3 Å². The Kier molecular flexibility index (Phi) is 5.65. The Hall–Kier alpha value is -1.06. The molecule has 1 aromatic rings. The van der Waals surface area contributed by atoms with Crippen molar-refractivity contribution in [3.63, 3.8) is 0 Å². The molecule has 0 saturated heterocycles. The van der Waals surface area contributed by atoms with Crippen molar-refractivity contribution in [1.82, 2.24) is 5.32 Å². The topological polar surface area (TPSA) is 55.1 Å². The van der Waals surface area contributed by atoms with E-state index in [1.54, 1.807) is 0 Å². The maximum atomic E-state index is 12.6. The van der Waals surface area contributed by atoms with E-state index >= 15 is 0 Å². The molecule has 0 bridgehead atoms. The summed E-state index contributed by atoms with van der Waals surface area (Å²) in [6, 6.07) is 7.68. The summed E-state index contributed by atoms with van der Waals surface area (Å²) in [5.41, 5.74) is 6.78. The number of halogens is 1. The van der Waals surface area contributed by atoms with Crippen LogP contribution >= 0.6 is 11.6 Å². The Morgan fingerprint density at radius 1 is 1.38 bits per heavy atom. The predicted molar refractivity (Wildman–Crippen MR) is 87.1 cm³/mol. The van der Waals surface area contributed by atoms with Gasteiger partial charge in [0.25, 0.3) is 0 Å². The fraction of sp³-hybridized carbons (Fsp3) is 0.588. The van der Waals surface area contributed by atoms with Crippen LogP contribution in [0.3, 0.4) is 0 Å². The summed E-state index contributed by atoms with van der Waals surface area (Å²) in [5, 5.41) is 3.91. The minimum Gasteiger partial charge on any atom is -0.349 e. The second-order valence-electron chi connectivity index (χ2n) is 6.28. The van der Waals surface area contributed by atoms with E-state index in [2.05, 4.69) is 19.2 Å². The van der Waals surface area contributed by atoms with E-state index in [1.807, 2.05) is 24.3 Å². The summed E-state index contributed by atoms with van der Waals surface area (Å²) in [5.74, 6) is 0.788. The Bertz CT molecular complexity index is 489. The van der Waals surface area contributed by atoms with Gasteiger partial charge in [-0.2, -0.15) is 0 Å². The molecule has 3 atom stereocenters. The normalized spacial score (nSPS) is 23.3. The summed E-state index contributed by atoms with van der Waals surface area (Å²) >= 11 is 6.29. The zero-order chi connectivity index (χ0) is 15.4. The van der Waals surface area contributed by atoms with Gasteiger partial charge in [-0.1, -0.05) is 50.1 Å². The molecular weight excluding hydrogens is 284 g/mol. The van der Waals surface area contributed by atoms with Gasteiger partial charge in [-0.3, -0.25) is 4.79 Å². The first-order valence-electron chi connectivity index (χ1n) is 7.79. The Morgan fingerprint density at radius 2 is 2.10 bits per heavy atom. The molecule has 1 unspecified atom stereocenters. The molecule has 0 aromatic heterocycles. The number of nitrogens with one attached hydrogen (secondary N) is 1. The van der Waals surface area contributed by atoms with Crippen molar-refractivity contribution < 1.29 is 4.79 Å². The lowest BCUT2D eigenvalue weighted by molar-refractivity contribution is -0.127. The highest BCUT2D eigenvalue weighted by molar-refractivity contribution is 6.31. The highest BCUT2D eigenvalue weighted by atomic mass is 35.5. The van der Waals surface area contributed by atoms with Crippen molar-refractivity contribution >= 4 is 17.5 Å². The van der Waals surface area contributed by atoms with Gasteiger partial charge in [0.2, 0.25) is 5.91 Å². The Morgan fingerprint density at radius 3 is 2.71 bits per heavy atom. The van der Waals surface area contributed by atoms with E-state index in [1.165, 1.54) is 0 Å². The molecule has 116 valence electrons. The van der Waals surface area contributed by atoms with Crippen LogP contribution in [-0.2, 0) is 4.79 Å². The lowest BCUT2D eigenvalue weighted by atomic mass is 9.92. The van der Waals surface area contributed by atoms with Gasteiger partial charge < -0.3 is 11.1 Å². The summed E-state index contributed by atoms with van der Waals surface area (Å²) in [6.07, 6.45) is 3.10. The number of nitrogens with two attached hydrogens (primary N) is 1. The molecule has 1 aliphatic carbocycles. The van der Waals surface area contributed by atoms with Crippen LogP contribution in [0.2, 0.25) is 5.02 Å². The molecule has 0 radical (unpaired) electrons. The summed E-state index contributed by atoms with van der Waals surface area (Å²) in [4.78, 5) is 12.6. The molecule has 0 heterocycles. The molecule has 3 nitrogen and oxygen atoms in total. The van der Waals surface area contributed by atoms with Crippen molar-refractivity contribution in [3.8, 4) is 0 Å². The summed E-state index contributed by atoms with van der Waals surface area (Å²) < 4.78 is 0. The first kappa shape index (κ1) is 16.3. The lowest BCUT2D eigenvalue weighted by Crippen LogP contribution is -2.39. The first-order chi connectivity index (χ1) is 10.0. The van der Waals surface area contributed by atoms with E-state index in [-0.39, 0.29) is 23.8 Å². The predicted octanol–water partition coefficient (Wildman–Crippen LogP) is 3.53. The number of hydrogen-bond donors (Lipinski definition) is 2. The van der Waals surface area contributed by atoms with Crippen LogP contribution in [0, 0.1) is 17.8 Å². The molecule has 1 fully saturated rings. The quantitative estimate of drug-likeness (QED) is 0.874. The smallest absolute Gasteiger partial charge is 0.223 e. The van der Waals surface area contributed by atoms with Gasteiger partial charge in [0.1, 0.15) is 0 Å². The molecule has 2 rings (SSSR count). The molecule has 1 amide bonds. The Balaban J connectivity index is 2.14. The zero-order valence-electron chi connectivity index (χ0n) is 12.8. The van der Waals surface area contributed by atoms with Crippen LogP contribution in [0.25, 0.3) is 0 Å². The number of benzene rings is 1.